The fourth-order valence-electron chi connectivity index (χ4n) is 3.79. The number of nitrogens with two attached hydrogens (primary N) is 1. The Kier molecular flexibility index (Phi) is 6.99. The van der Waals surface area contributed by atoms with Gasteiger partial charge in [0.2, 0.25) is 0 Å². The molecule has 0 unspecified atom stereocenters. The van der Waals surface area contributed by atoms with Crippen molar-refractivity contribution in [2.24, 2.45) is 5.73 Å². The minimum atomic E-state index is -5.65. The van der Waals surface area contributed by atoms with Gasteiger partial charge in [-0.15, -0.1) is 0 Å². The molecule has 0 spiro atoms. The molecule has 1 amide bonds. The molecule has 0 saturated heterocycles. The van der Waals surface area contributed by atoms with Crippen LogP contribution < -0.4 is 15.2 Å². The number of carbonyl (C=O) groups is 1. The molecule has 3 N–H and O–H groups in total. The zero-order chi connectivity index (χ0) is 27.1. The van der Waals surface area contributed by atoms with E-state index >= 15 is 0 Å². The molecule has 0 aliphatic rings. The van der Waals surface area contributed by atoms with Crippen molar-refractivity contribution in [3.63, 3.8) is 0 Å². The third-order valence-electron chi connectivity index (χ3n) is 5.37. The number of furan rings is 1. The van der Waals surface area contributed by atoms with E-state index in [2.05, 4.69) is 20.9 Å². The van der Waals surface area contributed by atoms with Crippen molar-refractivity contribution >= 4 is 48.5 Å². The molecule has 9 nitrogen and oxygen atoms in total. The molecule has 2 aromatic carbocycles. The number of aromatic nitrogens is 2. The molecule has 2 aromatic heterocycles. The Bertz CT molecular complexity index is 1610. The van der Waals surface area contributed by atoms with E-state index < -0.39 is 21.4 Å². The van der Waals surface area contributed by atoms with Crippen molar-refractivity contribution < 1.29 is 35.5 Å². The smallest absolute Gasteiger partial charge is 0.465 e. The molecule has 196 valence electrons. The molecule has 0 radical (unpaired) electrons. The van der Waals surface area contributed by atoms with Crippen LogP contribution in [0, 0.1) is 6.92 Å². The predicted octanol–water partition coefficient (Wildman–Crippen LogP) is 5.17. The van der Waals surface area contributed by atoms with Crippen LogP contribution in [-0.4, -0.2) is 36.0 Å². The second kappa shape index (κ2) is 9.74. The number of sulfonamides is 1. The van der Waals surface area contributed by atoms with Gasteiger partial charge in [0.15, 0.2) is 5.76 Å². The van der Waals surface area contributed by atoms with Gasteiger partial charge in [-0.3, -0.25) is 14.1 Å². The van der Waals surface area contributed by atoms with E-state index in [0.29, 0.717) is 33.3 Å². The van der Waals surface area contributed by atoms with Crippen LogP contribution in [0.1, 0.15) is 28.7 Å². The molecule has 0 fully saturated rings. The van der Waals surface area contributed by atoms with Crippen molar-refractivity contribution in [3.8, 4) is 17.3 Å². The largest absolute Gasteiger partial charge is 0.516 e. The third kappa shape index (κ3) is 5.03. The van der Waals surface area contributed by atoms with Crippen molar-refractivity contribution in [1.29, 1.82) is 0 Å². The van der Waals surface area contributed by atoms with E-state index in [1.165, 1.54) is 24.3 Å². The Hall–Kier alpha value is -3.52. The normalized spacial score (nSPS) is 12.2. The first-order valence-electron chi connectivity index (χ1n) is 10.7. The number of carbonyl (C=O) groups excluding carboxylic acids is 1. The van der Waals surface area contributed by atoms with Crippen LogP contribution in [-0.2, 0) is 16.6 Å². The summed E-state index contributed by atoms with van der Waals surface area (Å²) in [5.41, 5.74) is 1.57. The zero-order valence-electron chi connectivity index (χ0n) is 19.4. The highest BCUT2D eigenvalue weighted by atomic mass is 79.9. The highest BCUT2D eigenvalue weighted by Crippen LogP contribution is 2.42. The highest BCUT2D eigenvalue weighted by Gasteiger charge is 2.46. The van der Waals surface area contributed by atoms with Gasteiger partial charge in [0.1, 0.15) is 11.3 Å². The number of alkyl halides is 3. The maximum Gasteiger partial charge on any atom is 0.516 e. The number of rotatable bonds is 8. The molecular weight excluding hydrogens is 581 g/mol. The van der Waals surface area contributed by atoms with E-state index in [0.717, 1.165) is 0 Å². The average Bonchev–Trinajstić information content (AvgIpc) is 3.29. The second-order valence-electron chi connectivity index (χ2n) is 7.88. The van der Waals surface area contributed by atoms with Crippen LogP contribution in [0.15, 0.2) is 51.4 Å². The molecule has 14 heteroatoms. The second-order valence-corrected chi connectivity index (χ2v) is 10.4. The van der Waals surface area contributed by atoms with Crippen LogP contribution in [0.5, 0.6) is 6.01 Å². The third-order valence-corrected chi connectivity index (χ3v) is 7.25. The Morgan fingerprint density at radius 3 is 2.59 bits per heavy atom. The first-order valence-corrected chi connectivity index (χ1v) is 13.0. The summed E-state index contributed by atoms with van der Waals surface area (Å²) in [6.45, 7) is 3.92. The van der Waals surface area contributed by atoms with Crippen LogP contribution in [0.2, 0.25) is 0 Å². The van der Waals surface area contributed by atoms with Gasteiger partial charge in [0.25, 0.3) is 11.9 Å². The van der Waals surface area contributed by atoms with Crippen molar-refractivity contribution in [2.75, 3.05) is 11.3 Å². The van der Waals surface area contributed by atoms with Gasteiger partial charge in [-0.2, -0.15) is 26.6 Å². The minimum Gasteiger partial charge on any atom is -0.465 e. The minimum absolute atomic E-state index is 0.0971. The molecule has 0 saturated carbocycles. The predicted molar refractivity (Wildman–Crippen MR) is 134 cm³/mol. The fraction of sp³-hybridized carbons (Fsp3) is 0.217. The number of nitrogens with one attached hydrogen (secondary N) is 1. The Balaban J connectivity index is 1.77. The number of halogens is 4. The number of benzene rings is 2. The Labute approximate surface area is 217 Å². The molecule has 4 rings (SSSR count). The van der Waals surface area contributed by atoms with Crippen molar-refractivity contribution in [3.05, 3.63) is 63.9 Å². The molecule has 4 aromatic rings. The molecular formula is C23H20BrF3N4O5S. The average molecular weight is 601 g/mol. The molecule has 0 aliphatic heterocycles. The topological polar surface area (TPSA) is 129 Å². The first kappa shape index (κ1) is 26.5. The van der Waals surface area contributed by atoms with E-state index in [4.69, 9.17) is 14.9 Å². The van der Waals surface area contributed by atoms with E-state index in [9.17, 15) is 26.4 Å². The lowest BCUT2D eigenvalue weighted by Gasteiger charge is -2.13. The Morgan fingerprint density at radius 1 is 1.24 bits per heavy atom. The van der Waals surface area contributed by atoms with Crippen LogP contribution in [0.25, 0.3) is 22.3 Å². The molecule has 0 bridgehead atoms. The number of ether oxygens (including phenoxy) is 1. The first-order chi connectivity index (χ1) is 17.3. The number of hydrogen-bond donors (Lipinski definition) is 2. The fourth-order valence-corrected chi connectivity index (χ4v) is 4.97. The number of nitrogens with zero attached hydrogens (tertiary/aromatic N) is 2. The standard InChI is InChI=1S/C23H20BrF3N4O5S/c1-3-35-22-29-12(2)19(21(28)32)31(22)11-13-8-9-17-15(10-13)18(24)20(36-17)14-6-4-5-7-16(14)30-37(33,34)23(25,26)27/h4-10,30H,3,11H2,1-2H3,(H2,28,32). The lowest BCUT2D eigenvalue weighted by atomic mass is 10.1. The number of primary amides is 1. The van der Waals surface area contributed by atoms with Crippen molar-refractivity contribution in [2.45, 2.75) is 25.9 Å². The Morgan fingerprint density at radius 2 is 1.95 bits per heavy atom. The van der Waals surface area contributed by atoms with Crippen LogP contribution >= 0.6 is 15.9 Å². The summed E-state index contributed by atoms with van der Waals surface area (Å²) < 4.78 is 77.2. The summed E-state index contributed by atoms with van der Waals surface area (Å²) in [4.78, 5) is 16.3. The van der Waals surface area contributed by atoms with Gasteiger partial charge in [-0.05, 0) is 59.6 Å². The zero-order valence-corrected chi connectivity index (χ0v) is 21.8. The van der Waals surface area contributed by atoms with Crippen molar-refractivity contribution in [1.82, 2.24) is 9.55 Å². The number of hydrogen-bond acceptors (Lipinski definition) is 6. The van der Waals surface area contributed by atoms with Gasteiger partial charge in [0.05, 0.1) is 29.0 Å². The summed E-state index contributed by atoms with van der Waals surface area (Å²) >= 11 is 3.43. The summed E-state index contributed by atoms with van der Waals surface area (Å²) in [5, 5.41) is 0.566. The summed E-state index contributed by atoms with van der Waals surface area (Å²) in [6, 6.07) is 10.9. The quantitative estimate of drug-likeness (QED) is 0.287. The summed E-state index contributed by atoms with van der Waals surface area (Å²) in [7, 11) is -5.65. The SMILES string of the molecule is CCOc1nc(C)c(C(N)=O)n1Cc1ccc2oc(-c3ccccc3NS(=O)(=O)C(F)(F)F)c(Br)c2c1. The summed E-state index contributed by atoms with van der Waals surface area (Å²) in [6.07, 6.45) is 0. The number of anilines is 1. The van der Waals surface area contributed by atoms with Gasteiger partial charge < -0.3 is 14.9 Å². The maximum atomic E-state index is 13.0. The number of aryl methyl sites for hydroxylation is 1. The molecule has 2 heterocycles. The van der Waals surface area contributed by atoms with E-state index in [-0.39, 0.29) is 35.3 Å². The van der Waals surface area contributed by atoms with E-state index in [1.54, 1.807) is 41.3 Å². The van der Waals surface area contributed by atoms with Gasteiger partial charge in [0, 0.05) is 10.9 Å². The van der Waals surface area contributed by atoms with Gasteiger partial charge in [-0.25, -0.2) is 0 Å². The molecule has 0 atom stereocenters. The highest BCUT2D eigenvalue weighted by molar-refractivity contribution is 9.10. The summed E-state index contributed by atoms with van der Waals surface area (Å²) in [5.74, 6) is -0.541. The lowest BCUT2D eigenvalue weighted by molar-refractivity contribution is -0.0429. The molecule has 37 heavy (non-hydrogen) atoms. The monoisotopic (exact) mass is 600 g/mol. The van der Waals surface area contributed by atoms with Crippen LogP contribution in [0.4, 0.5) is 18.9 Å². The van der Waals surface area contributed by atoms with Gasteiger partial charge >= 0.3 is 15.5 Å². The number of amides is 1. The number of fused-ring (bicyclic) bond motifs is 1. The van der Waals surface area contributed by atoms with Crippen LogP contribution in [0.3, 0.4) is 0 Å². The number of imidazole rings is 1. The van der Waals surface area contributed by atoms with Gasteiger partial charge in [-0.1, -0.05) is 18.2 Å². The molecule has 0 aliphatic carbocycles. The van der Waals surface area contributed by atoms with E-state index in [1.807, 2.05) is 0 Å². The number of para-hydroxylation sites is 1. The maximum absolute atomic E-state index is 13.0. The lowest BCUT2D eigenvalue weighted by Crippen LogP contribution is -2.30.